The average Bonchev–Trinajstić information content (AvgIpc) is 2.46. The summed E-state index contributed by atoms with van der Waals surface area (Å²) >= 11 is 0. The highest BCUT2D eigenvalue weighted by atomic mass is 16.4. The van der Waals surface area contributed by atoms with Crippen molar-refractivity contribution in [2.45, 2.75) is 44.9 Å². The van der Waals surface area contributed by atoms with Gasteiger partial charge in [-0.15, -0.1) is 0 Å². The van der Waals surface area contributed by atoms with Gasteiger partial charge in [0.05, 0.1) is 0 Å². The van der Waals surface area contributed by atoms with E-state index in [1.165, 1.54) is 50.2 Å². The maximum Gasteiger partial charge on any atom is 0.336 e. The van der Waals surface area contributed by atoms with Crippen molar-refractivity contribution in [3.63, 3.8) is 0 Å². The third-order valence-electron chi connectivity index (χ3n) is 4.28. The molecule has 0 saturated heterocycles. The molecule has 0 amide bonds. The van der Waals surface area contributed by atoms with E-state index in [0.717, 1.165) is 23.3 Å². The monoisotopic (exact) mass is 256 g/mol. The molecule has 0 N–H and O–H groups in total. The molecule has 1 aromatic carbocycles. The highest BCUT2D eigenvalue weighted by Gasteiger charge is 2.14. The highest BCUT2D eigenvalue weighted by molar-refractivity contribution is 5.79. The van der Waals surface area contributed by atoms with Gasteiger partial charge in [-0.2, -0.15) is 0 Å². The highest BCUT2D eigenvalue weighted by Crippen LogP contribution is 2.28. The lowest BCUT2D eigenvalue weighted by atomic mass is 9.85. The summed E-state index contributed by atoms with van der Waals surface area (Å²) in [7, 11) is 0. The zero-order valence-corrected chi connectivity index (χ0v) is 11.2. The van der Waals surface area contributed by atoms with Gasteiger partial charge >= 0.3 is 5.63 Å². The molecule has 19 heavy (non-hydrogen) atoms. The van der Waals surface area contributed by atoms with Crippen LogP contribution in [0.2, 0.25) is 0 Å². The first kappa shape index (κ1) is 12.5. The second-order valence-corrected chi connectivity index (χ2v) is 5.63. The molecule has 1 heterocycles. The summed E-state index contributed by atoms with van der Waals surface area (Å²) < 4.78 is 5.38. The lowest BCUT2D eigenvalue weighted by Gasteiger charge is -2.21. The number of hydrogen-bond acceptors (Lipinski definition) is 2. The molecule has 0 spiro atoms. The smallest absolute Gasteiger partial charge is 0.336 e. The Morgan fingerprint density at radius 3 is 2.74 bits per heavy atom. The van der Waals surface area contributed by atoms with E-state index in [2.05, 4.69) is 12.1 Å². The Labute approximate surface area is 113 Å². The van der Waals surface area contributed by atoms with Crippen molar-refractivity contribution in [3.05, 3.63) is 46.3 Å². The lowest BCUT2D eigenvalue weighted by Crippen LogP contribution is -2.07. The van der Waals surface area contributed by atoms with Crippen LogP contribution in [0.15, 0.2) is 39.5 Å². The Hall–Kier alpha value is -1.57. The van der Waals surface area contributed by atoms with Gasteiger partial charge in [0.1, 0.15) is 5.58 Å². The summed E-state index contributed by atoms with van der Waals surface area (Å²) in [6.45, 7) is 0. The molecule has 0 unspecified atom stereocenters. The predicted molar refractivity (Wildman–Crippen MR) is 77.4 cm³/mol. The second kappa shape index (κ2) is 5.60. The van der Waals surface area contributed by atoms with Crippen LogP contribution in [-0.2, 0) is 6.42 Å². The lowest BCUT2D eigenvalue weighted by molar-refractivity contribution is 0.339. The fourth-order valence-corrected chi connectivity index (χ4v) is 3.19. The number of para-hydroxylation sites is 1. The zero-order valence-electron chi connectivity index (χ0n) is 11.2. The van der Waals surface area contributed by atoms with Gasteiger partial charge in [-0.3, -0.25) is 0 Å². The van der Waals surface area contributed by atoms with E-state index in [4.69, 9.17) is 4.42 Å². The van der Waals surface area contributed by atoms with Gasteiger partial charge in [-0.05, 0) is 30.4 Å². The third kappa shape index (κ3) is 2.89. The van der Waals surface area contributed by atoms with Crippen molar-refractivity contribution in [1.82, 2.24) is 0 Å². The Bertz CT molecular complexity index is 606. The molecule has 0 aliphatic heterocycles. The van der Waals surface area contributed by atoms with Crippen molar-refractivity contribution in [2.24, 2.45) is 5.92 Å². The second-order valence-electron chi connectivity index (χ2n) is 5.63. The topological polar surface area (TPSA) is 30.2 Å². The first-order chi connectivity index (χ1) is 9.33. The van der Waals surface area contributed by atoms with Crippen LogP contribution < -0.4 is 5.63 Å². The molecule has 0 atom stereocenters. The Balaban J connectivity index is 1.80. The van der Waals surface area contributed by atoms with Crippen LogP contribution in [0.3, 0.4) is 0 Å². The molecule has 1 saturated carbocycles. The van der Waals surface area contributed by atoms with Crippen molar-refractivity contribution in [1.29, 1.82) is 0 Å². The molecule has 2 aromatic rings. The van der Waals surface area contributed by atoms with E-state index in [0.29, 0.717) is 0 Å². The van der Waals surface area contributed by atoms with Crippen molar-refractivity contribution >= 4 is 11.0 Å². The minimum atomic E-state index is -0.252. The number of hydrogen-bond donors (Lipinski definition) is 0. The van der Waals surface area contributed by atoms with Gasteiger partial charge in [0, 0.05) is 11.5 Å². The Morgan fingerprint density at radius 2 is 1.89 bits per heavy atom. The van der Waals surface area contributed by atoms with E-state index in [-0.39, 0.29) is 5.63 Å². The molecule has 2 heteroatoms. The standard InChI is InChI=1S/C17H20O2/c18-16-12-11-15-8-4-7-14(17(15)19-16)10-9-13-5-2-1-3-6-13/h4,7-8,11-13H,1-3,5-6,9-10H2. The predicted octanol–water partition coefficient (Wildman–Crippen LogP) is 4.31. The molecule has 3 rings (SSSR count). The number of aryl methyl sites for hydroxylation is 1. The minimum absolute atomic E-state index is 0.252. The first-order valence-electron chi connectivity index (χ1n) is 7.35. The maximum absolute atomic E-state index is 11.4. The molecule has 0 radical (unpaired) electrons. The van der Waals surface area contributed by atoms with Gasteiger partial charge in [-0.25, -0.2) is 4.79 Å². The zero-order chi connectivity index (χ0) is 13.1. The van der Waals surface area contributed by atoms with Gasteiger partial charge in [0.25, 0.3) is 0 Å². The van der Waals surface area contributed by atoms with Crippen molar-refractivity contribution < 1.29 is 4.42 Å². The quantitative estimate of drug-likeness (QED) is 0.766. The van der Waals surface area contributed by atoms with Crippen LogP contribution in [0.25, 0.3) is 11.0 Å². The van der Waals surface area contributed by atoms with Crippen LogP contribution in [-0.4, -0.2) is 0 Å². The van der Waals surface area contributed by atoms with Gasteiger partial charge in [-0.1, -0.05) is 50.3 Å². The van der Waals surface area contributed by atoms with Crippen molar-refractivity contribution in [2.75, 3.05) is 0 Å². The van der Waals surface area contributed by atoms with Crippen LogP contribution in [0, 0.1) is 5.92 Å². The molecule has 0 bridgehead atoms. The summed E-state index contributed by atoms with van der Waals surface area (Å²) in [6, 6.07) is 9.49. The third-order valence-corrected chi connectivity index (χ3v) is 4.28. The summed E-state index contributed by atoms with van der Waals surface area (Å²) in [5, 5.41) is 1.03. The summed E-state index contributed by atoms with van der Waals surface area (Å²) in [5.74, 6) is 0.861. The average molecular weight is 256 g/mol. The molecule has 2 nitrogen and oxygen atoms in total. The molecule has 100 valence electrons. The van der Waals surface area contributed by atoms with E-state index in [1.54, 1.807) is 0 Å². The normalized spacial score (nSPS) is 16.8. The maximum atomic E-state index is 11.4. The van der Waals surface area contributed by atoms with E-state index in [1.807, 2.05) is 12.1 Å². The molecular formula is C17H20O2. The largest absolute Gasteiger partial charge is 0.422 e. The SMILES string of the molecule is O=c1ccc2cccc(CCC3CCCCC3)c2o1. The summed E-state index contributed by atoms with van der Waals surface area (Å²) in [4.78, 5) is 11.4. The molecular weight excluding hydrogens is 236 g/mol. The molecule has 1 aromatic heterocycles. The number of benzene rings is 1. The van der Waals surface area contributed by atoms with Crippen molar-refractivity contribution in [3.8, 4) is 0 Å². The van der Waals surface area contributed by atoms with Crippen LogP contribution in [0.1, 0.15) is 44.1 Å². The summed E-state index contributed by atoms with van der Waals surface area (Å²) in [5.41, 5.74) is 1.71. The molecule has 1 fully saturated rings. The first-order valence-corrected chi connectivity index (χ1v) is 7.35. The molecule has 1 aliphatic carbocycles. The van der Waals surface area contributed by atoms with Gasteiger partial charge in [0.2, 0.25) is 0 Å². The van der Waals surface area contributed by atoms with Crippen LogP contribution in [0.5, 0.6) is 0 Å². The molecule has 1 aliphatic rings. The Kier molecular flexibility index (Phi) is 3.67. The van der Waals surface area contributed by atoms with Gasteiger partial charge < -0.3 is 4.42 Å². The fourth-order valence-electron chi connectivity index (χ4n) is 3.19. The number of fused-ring (bicyclic) bond motifs is 1. The van der Waals surface area contributed by atoms with Crippen LogP contribution >= 0.6 is 0 Å². The van der Waals surface area contributed by atoms with Crippen LogP contribution in [0.4, 0.5) is 0 Å². The number of rotatable bonds is 3. The van der Waals surface area contributed by atoms with E-state index >= 15 is 0 Å². The minimum Gasteiger partial charge on any atom is -0.422 e. The van der Waals surface area contributed by atoms with E-state index in [9.17, 15) is 4.79 Å². The van der Waals surface area contributed by atoms with E-state index < -0.39 is 0 Å². The summed E-state index contributed by atoms with van der Waals surface area (Å²) in [6.07, 6.45) is 9.15. The van der Waals surface area contributed by atoms with Gasteiger partial charge in [0.15, 0.2) is 0 Å². The fraction of sp³-hybridized carbons (Fsp3) is 0.471. The Morgan fingerprint density at radius 1 is 1.05 bits per heavy atom.